The molecule has 0 fully saturated rings. The van der Waals surface area contributed by atoms with E-state index in [2.05, 4.69) is 14.7 Å². The van der Waals surface area contributed by atoms with Crippen molar-refractivity contribution < 1.29 is 17.5 Å². The predicted octanol–water partition coefficient (Wildman–Crippen LogP) is 3.86. The van der Waals surface area contributed by atoms with Crippen LogP contribution in [-0.2, 0) is 10.0 Å². The molecule has 2 aromatic carbocycles. The van der Waals surface area contributed by atoms with Crippen molar-refractivity contribution in [2.75, 3.05) is 4.72 Å². The second kappa shape index (κ2) is 7.04. The maximum atomic E-state index is 13.5. The number of aromatic nitrogens is 2. The van der Waals surface area contributed by atoms with Gasteiger partial charge in [-0.25, -0.2) is 22.8 Å². The van der Waals surface area contributed by atoms with E-state index in [9.17, 15) is 12.8 Å². The molecule has 128 valence electrons. The summed E-state index contributed by atoms with van der Waals surface area (Å²) in [5.41, 5.74) is 0.112. The second-order valence-electron chi connectivity index (χ2n) is 4.82. The van der Waals surface area contributed by atoms with E-state index >= 15 is 0 Å². The summed E-state index contributed by atoms with van der Waals surface area (Å²) >= 11 is 5.90. The molecule has 0 unspecified atom stereocenters. The van der Waals surface area contributed by atoms with E-state index < -0.39 is 15.8 Å². The minimum Gasteiger partial charge on any atom is -0.421 e. The van der Waals surface area contributed by atoms with Crippen molar-refractivity contribution in [3.8, 4) is 11.8 Å². The molecule has 9 heteroatoms. The van der Waals surface area contributed by atoms with Crippen LogP contribution in [0.2, 0.25) is 5.02 Å². The van der Waals surface area contributed by atoms with Crippen LogP contribution in [-0.4, -0.2) is 18.4 Å². The number of sulfonamides is 1. The first kappa shape index (κ1) is 17.1. The highest BCUT2D eigenvalue weighted by Crippen LogP contribution is 2.24. The minimum absolute atomic E-state index is 0.0353. The molecule has 3 aromatic rings. The topological polar surface area (TPSA) is 81.2 Å². The molecule has 1 heterocycles. The molecule has 0 radical (unpaired) electrons. The molecule has 0 spiro atoms. The second-order valence-corrected chi connectivity index (χ2v) is 6.88. The molecule has 0 atom stereocenters. The number of ether oxygens (including phenoxy) is 1. The molecule has 3 rings (SSSR count). The third-order valence-corrected chi connectivity index (χ3v) is 4.93. The summed E-state index contributed by atoms with van der Waals surface area (Å²) in [5.74, 6) is -0.596. The van der Waals surface area contributed by atoms with Gasteiger partial charge >= 0.3 is 6.01 Å². The van der Waals surface area contributed by atoms with Gasteiger partial charge in [0.2, 0.25) is 0 Å². The van der Waals surface area contributed by atoms with Crippen molar-refractivity contribution in [1.29, 1.82) is 0 Å². The number of para-hydroxylation sites is 1. The van der Waals surface area contributed by atoms with Gasteiger partial charge in [0.1, 0.15) is 4.90 Å². The first-order valence-electron chi connectivity index (χ1n) is 6.97. The van der Waals surface area contributed by atoms with Crippen LogP contribution in [0, 0.1) is 5.82 Å². The number of rotatable bonds is 5. The van der Waals surface area contributed by atoms with Crippen molar-refractivity contribution in [2.45, 2.75) is 4.90 Å². The van der Waals surface area contributed by atoms with Gasteiger partial charge in [-0.15, -0.1) is 0 Å². The summed E-state index contributed by atoms with van der Waals surface area (Å²) in [7, 11) is -3.89. The molecule has 0 saturated heterocycles. The molecule has 1 N–H and O–H groups in total. The molecule has 0 aliphatic rings. The molecular formula is C16H11ClFN3O3S. The number of hydrogen-bond acceptors (Lipinski definition) is 5. The molecule has 6 nitrogen and oxygen atoms in total. The van der Waals surface area contributed by atoms with Crippen molar-refractivity contribution in [1.82, 2.24) is 9.97 Å². The van der Waals surface area contributed by atoms with Crippen LogP contribution < -0.4 is 9.46 Å². The number of benzene rings is 2. The van der Waals surface area contributed by atoms with Gasteiger partial charge in [-0.1, -0.05) is 35.9 Å². The predicted molar refractivity (Wildman–Crippen MR) is 90.8 cm³/mol. The van der Waals surface area contributed by atoms with Gasteiger partial charge in [0, 0.05) is 0 Å². The Hall–Kier alpha value is -2.71. The van der Waals surface area contributed by atoms with Gasteiger partial charge in [-0.05, 0) is 24.3 Å². The highest BCUT2D eigenvalue weighted by atomic mass is 35.5. The fraction of sp³-hybridized carbons (Fsp3) is 0. The van der Waals surface area contributed by atoms with E-state index in [-0.39, 0.29) is 27.4 Å². The molecule has 1 aromatic heterocycles. The Labute approximate surface area is 148 Å². The van der Waals surface area contributed by atoms with Gasteiger partial charge in [0.15, 0.2) is 11.6 Å². The van der Waals surface area contributed by atoms with Crippen LogP contribution in [0.1, 0.15) is 0 Å². The molecule has 0 bridgehead atoms. The standard InChI is InChI=1S/C16H11ClFN3O3S/c17-12-5-1-4-8-15(12)25(22,23)21-11-9-19-16(20-10-11)24-14-7-3-2-6-13(14)18/h1-10,21H. The zero-order chi connectivity index (χ0) is 17.9. The Balaban J connectivity index is 1.77. The van der Waals surface area contributed by atoms with Gasteiger partial charge in [-0.3, -0.25) is 4.72 Å². The fourth-order valence-electron chi connectivity index (χ4n) is 1.92. The first-order chi connectivity index (χ1) is 12.0. The van der Waals surface area contributed by atoms with Crippen LogP contribution in [0.5, 0.6) is 11.8 Å². The molecular weight excluding hydrogens is 369 g/mol. The largest absolute Gasteiger partial charge is 0.421 e. The van der Waals surface area contributed by atoms with Gasteiger partial charge < -0.3 is 4.74 Å². The van der Waals surface area contributed by atoms with E-state index in [1.807, 2.05) is 0 Å². The number of nitrogens with one attached hydrogen (secondary N) is 1. The lowest BCUT2D eigenvalue weighted by Crippen LogP contribution is -2.13. The third-order valence-electron chi connectivity index (χ3n) is 3.04. The molecule has 25 heavy (non-hydrogen) atoms. The SMILES string of the molecule is O=S(=O)(Nc1cnc(Oc2ccccc2F)nc1)c1ccccc1Cl. The van der Waals surface area contributed by atoms with E-state index in [1.165, 1.54) is 42.7 Å². The Bertz CT molecular complexity index is 998. The first-order valence-corrected chi connectivity index (χ1v) is 8.83. The van der Waals surface area contributed by atoms with Gasteiger partial charge in [0.25, 0.3) is 10.0 Å². The van der Waals surface area contributed by atoms with Crippen molar-refractivity contribution >= 4 is 27.3 Å². The van der Waals surface area contributed by atoms with Crippen LogP contribution in [0.3, 0.4) is 0 Å². The van der Waals surface area contributed by atoms with Crippen molar-refractivity contribution in [2.24, 2.45) is 0 Å². The maximum absolute atomic E-state index is 13.5. The maximum Gasteiger partial charge on any atom is 0.322 e. The monoisotopic (exact) mass is 379 g/mol. The third kappa shape index (κ3) is 4.04. The van der Waals surface area contributed by atoms with Crippen LogP contribution >= 0.6 is 11.6 Å². The Morgan fingerprint density at radius 1 is 1.00 bits per heavy atom. The smallest absolute Gasteiger partial charge is 0.322 e. The molecule has 0 saturated carbocycles. The number of halogens is 2. The Morgan fingerprint density at radius 2 is 1.64 bits per heavy atom. The van der Waals surface area contributed by atoms with Crippen LogP contribution in [0.4, 0.5) is 10.1 Å². The lowest BCUT2D eigenvalue weighted by Gasteiger charge is -2.09. The molecule has 0 aliphatic heterocycles. The van der Waals surface area contributed by atoms with Gasteiger partial charge in [-0.2, -0.15) is 0 Å². The molecule has 0 amide bonds. The van der Waals surface area contributed by atoms with Crippen molar-refractivity contribution in [3.63, 3.8) is 0 Å². The summed E-state index contributed by atoms with van der Waals surface area (Å²) < 4.78 is 45.7. The highest BCUT2D eigenvalue weighted by Gasteiger charge is 2.18. The lowest BCUT2D eigenvalue weighted by molar-refractivity contribution is 0.411. The number of hydrogen-bond donors (Lipinski definition) is 1. The summed E-state index contributed by atoms with van der Waals surface area (Å²) in [4.78, 5) is 7.64. The van der Waals surface area contributed by atoms with E-state index in [0.29, 0.717) is 0 Å². The van der Waals surface area contributed by atoms with Crippen molar-refractivity contribution in [3.05, 3.63) is 71.8 Å². The van der Waals surface area contributed by atoms with E-state index in [0.717, 1.165) is 0 Å². The normalized spacial score (nSPS) is 11.1. The number of nitrogens with zero attached hydrogens (tertiary/aromatic N) is 2. The lowest BCUT2D eigenvalue weighted by atomic mass is 10.3. The van der Waals surface area contributed by atoms with Gasteiger partial charge in [0.05, 0.1) is 23.1 Å². The highest BCUT2D eigenvalue weighted by molar-refractivity contribution is 7.92. The summed E-state index contributed by atoms with van der Waals surface area (Å²) in [5, 5.41) is 0.0930. The number of anilines is 1. The Kier molecular flexibility index (Phi) is 4.82. The zero-order valence-corrected chi connectivity index (χ0v) is 14.1. The summed E-state index contributed by atoms with van der Waals surface area (Å²) in [6.45, 7) is 0. The zero-order valence-electron chi connectivity index (χ0n) is 12.6. The minimum atomic E-state index is -3.89. The van der Waals surface area contributed by atoms with E-state index in [4.69, 9.17) is 16.3 Å². The summed E-state index contributed by atoms with van der Waals surface area (Å²) in [6.07, 6.45) is 2.41. The fourth-order valence-corrected chi connectivity index (χ4v) is 3.47. The Morgan fingerprint density at radius 3 is 2.32 bits per heavy atom. The van der Waals surface area contributed by atoms with E-state index in [1.54, 1.807) is 18.2 Å². The van der Waals surface area contributed by atoms with Crippen LogP contribution in [0.15, 0.2) is 65.8 Å². The summed E-state index contributed by atoms with van der Waals surface area (Å²) in [6, 6.07) is 11.7. The average molecular weight is 380 g/mol. The van der Waals surface area contributed by atoms with Crippen LogP contribution in [0.25, 0.3) is 0 Å². The molecule has 0 aliphatic carbocycles. The average Bonchev–Trinajstić information content (AvgIpc) is 2.58. The quantitative estimate of drug-likeness (QED) is 0.728.